The van der Waals surface area contributed by atoms with Crippen molar-refractivity contribution < 1.29 is 9.90 Å². The van der Waals surface area contributed by atoms with Crippen molar-refractivity contribution in [2.75, 3.05) is 31.8 Å². The van der Waals surface area contributed by atoms with E-state index in [1.165, 1.54) is 22.1 Å². The molecule has 0 saturated carbocycles. The minimum absolute atomic E-state index is 0. The van der Waals surface area contributed by atoms with E-state index in [1.807, 2.05) is 28.8 Å². The summed E-state index contributed by atoms with van der Waals surface area (Å²) >= 11 is 1.81. The number of thioether (sulfide) groups is 1. The van der Waals surface area contributed by atoms with Crippen LogP contribution in [0.1, 0.15) is 39.6 Å². The van der Waals surface area contributed by atoms with Crippen LogP contribution >= 0.6 is 24.2 Å². The third kappa shape index (κ3) is 3.90. The van der Waals surface area contributed by atoms with E-state index in [9.17, 15) is 14.7 Å². The van der Waals surface area contributed by atoms with Crippen molar-refractivity contribution >= 4 is 30.1 Å². The molecule has 3 aliphatic heterocycles. The smallest absolute Gasteiger partial charge is 0.278 e. The molecule has 2 atom stereocenters. The fourth-order valence-corrected chi connectivity index (χ4v) is 6.52. The number of hydrogen-bond acceptors (Lipinski definition) is 6. The normalized spacial score (nSPS) is 21.6. The van der Waals surface area contributed by atoms with Crippen molar-refractivity contribution in [2.24, 2.45) is 0 Å². The molecule has 35 heavy (non-hydrogen) atoms. The van der Waals surface area contributed by atoms with Gasteiger partial charge in [0.15, 0.2) is 11.4 Å². The molecule has 6 rings (SSSR count). The van der Waals surface area contributed by atoms with Crippen LogP contribution in [0, 0.1) is 0 Å². The van der Waals surface area contributed by atoms with Gasteiger partial charge < -0.3 is 14.9 Å². The molecular weight excluding hydrogens is 484 g/mol. The second-order valence-electron chi connectivity index (χ2n) is 9.21. The second kappa shape index (κ2) is 9.26. The first-order valence-electron chi connectivity index (χ1n) is 11.5. The fourth-order valence-electron chi connectivity index (χ4n) is 5.42. The number of fused-ring (bicyclic) bond motifs is 3. The van der Waals surface area contributed by atoms with E-state index in [1.54, 1.807) is 10.9 Å². The molecule has 3 aliphatic rings. The maximum absolute atomic E-state index is 13.6. The SMILES string of the molecule is CN1CC[C@@H](N2CN(C3c4ccccc4CSc4ccccc43)n3ccc(=O)c(O)c3C2=O)C1.Cl. The summed E-state index contributed by atoms with van der Waals surface area (Å²) in [5.74, 6) is 0.0741. The summed E-state index contributed by atoms with van der Waals surface area (Å²) in [6.45, 7) is 2.05. The average Bonchev–Trinajstić information content (AvgIpc) is 3.20. The summed E-state index contributed by atoms with van der Waals surface area (Å²) in [4.78, 5) is 31.3. The van der Waals surface area contributed by atoms with Gasteiger partial charge in [0.05, 0.1) is 6.04 Å². The Kier molecular flexibility index (Phi) is 6.29. The lowest BCUT2D eigenvalue weighted by Gasteiger charge is -2.46. The maximum atomic E-state index is 13.6. The first-order chi connectivity index (χ1) is 16.5. The quantitative estimate of drug-likeness (QED) is 0.569. The Bertz CT molecular complexity index is 1300. The standard InChI is InChI=1S/C26H26N4O3S.ClH/c1-27-12-10-18(14-27)28-16-30(29-13-11-21(31)25(32)24(29)26(28)33)23-19-7-3-2-6-17(19)15-34-22-9-5-4-8-20(22)23;/h2-9,11,13,18,23,32H,10,12,14-16H2,1H3;1H/t18-,23?;/m1./s1. The molecule has 1 N–H and O–H groups in total. The number of likely N-dealkylation sites (tertiary alicyclic amines) is 1. The topological polar surface area (TPSA) is 69.0 Å². The van der Waals surface area contributed by atoms with Crippen LogP contribution in [-0.2, 0) is 5.75 Å². The minimum Gasteiger partial charge on any atom is -0.502 e. The highest BCUT2D eigenvalue weighted by Gasteiger charge is 2.41. The number of hydrogen-bond donors (Lipinski definition) is 1. The van der Waals surface area contributed by atoms with Crippen LogP contribution < -0.4 is 10.4 Å². The predicted octanol–water partition coefficient (Wildman–Crippen LogP) is 3.43. The van der Waals surface area contributed by atoms with Gasteiger partial charge in [-0.25, -0.2) is 0 Å². The molecule has 7 nitrogen and oxygen atoms in total. The molecule has 182 valence electrons. The molecule has 1 amide bonds. The number of aromatic nitrogens is 1. The van der Waals surface area contributed by atoms with E-state index in [-0.39, 0.29) is 36.1 Å². The van der Waals surface area contributed by atoms with Crippen LogP contribution in [0.4, 0.5) is 0 Å². The van der Waals surface area contributed by atoms with Crippen molar-refractivity contribution in [3.8, 4) is 5.75 Å². The van der Waals surface area contributed by atoms with E-state index in [0.717, 1.165) is 30.8 Å². The molecule has 9 heteroatoms. The molecule has 1 fully saturated rings. The summed E-state index contributed by atoms with van der Waals surface area (Å²) in [6, 6.07) is 18.0. The molecule has 3 aromatic rings. The number of benzene rings is 2. The molecule has 1 aromatic heterocycles. The number of halogens is 1. The first kappa shape index (κ1) is 23.8. The molecule has 0 bridgehead atoms. The molecule has 4 heterocycles. The zero-order valence-corrected chi connectivity index (χ0v) is 21.0. The van der Waals surface area contributed by atoms with E-state index >= 15 is 0 Å². The highest BCUT2D eigenvalue weighted by molar-refractivity contribution is 7.98. The van der Waals surface area contributed by atoms with Gasteiger partial charge in [-0.15, -0.1) is 24.2 Å². The van der Waals surface area contributed by atoms with Crippen molar-refractivity contribution in [1.82, 2.24) is 14.5 Å². The van der Waals surface area contributed by atoms with Gasteiger partial charge in [-0.3, -0.25) is 19.3 Å². The Morgan fingerprint density at radius 3 is 2.51 bits per heavy atom. The van der Waals surface area contributed by atoms with E-state index in [4.69, 9.17) is 0 Å². The number of pyridine rings is 1. The molecule has 1 saturated heterocycles. The lowest BCUT2D eigenvalue weighted by Crippen LogP contribution is -2.58. The van der Waals surface area contributed by atoms with Gasteiger partial charge in [-0.05, 0) is 42.8 Å². The molecule has 0 radical (unpaired) electrons. The Morgan fingerprint density at radius 1 is 1.00 bits per heavy atom. The Hall–Kier alpha value is -2.94. The van der Waals surface area contributed by atoms with Gasteiger partial charge in [-0.1, -0.05) is 42.5 Å². The zero-order valence-electron chi connectivity index (χ0n) is 19.3. The van der Waals surface area contributed by atoms with Gasteiger partial charge in [0.1, 0.15) is 6.67 Å². The number of carbonyl (C=O) groups excluding carboxylic acids is 1. The monoisotopic (exact) mass is 510 g/mol. The lowest BCUT2D eigenvalue weighted by atomic mass is 9.94. The largest absolute Gasteiger partial charge is 0.502 e. The van der Waals surface area contributed by atoms with Gasteiger partial charge in [0.2, 0.25) is 5.43 Å². The van der Waals surface area contributed by atoms with Crippen molar-refractivity contribution in [2.45, 2.75) is 29.2 Å². The highest BCUT2D eigenvalue weighted by atomic mass is 35.5. The van der Waals surface area contributed by atoms with Crippen molar-refractivity contribution in [3.63, 3.8) is 0 Å². The van der Waals surface area contributed by atoms with E-state index in [2.05, 4.69) is 53.4 Å². The number of amides is 1. The second-order valence-corrected chi connectivity index (χ2v) is 10.2. The molecule has 0 aliphatic carbocycles. The van der Waals surface area contributed by atoms with Crippen LogP contribution in [0.5, 0.6) is 5.75 Å². The van der Waals surface area contributed by atoms with Gasteiger partial charge in [0, 0.05) is 35.5 Å². The van der Waals surface area contributed by atoms with E-state index < -0.39 is 11.2 Å². The van der Waals surface area contributed by atoms with Crippen LogP contribution in [0.25, 0.3) is 0 Å². The number of likely N-dealkylation sites (N-methyl/N-ethyl adjacent to an activating group) is 1. The van der Waals surface area contributed by atoms with Gasteiger partial charge >= 0.3 is 0 Å². The third-order valence-corrected chi connectivity index (χ3v) is 8.28. The summed E-state index contributed by atoms with van der Waals surface area (Å²) in [5, 5.41) is 12.9. The minimum atomic E-state index is -0.540. The Labute approximate surface area is 214 Å². The number of nitrogens with zero attached hydrogens (tertiary/aromatic N) is 4. The van der Waals surface area contributed by atoms with E-state index in [0.29, 0.717) is 6.67 Å². The van der Waals surface area contributed by atoms with Crippen molar-refractivity contribution in [1.29, 1.82) is 0 Å². The number of carbonyl (C=O) groups is 1. The molecule has 0 spiro atoms. The summed E-state index contributed by atoms with van der Waals surface area (Å²) in [6.07, 6.45) is 2.48. The predicted molar refractivity (Wildman–Crippen MR) is 139 cm³/mol. The van der Waals surface area contributed by atoms with Crippen molar-refractivity contribution in [3.05, 3.63) is 93.4 Å². The molecule has 1 unspecified atom stereocenters. The van der Waals surface area contributed by atoms with Crippen LogP contribution in [0.15, 0.2) is 70.5 Å². The lowest BCUT2D eigenvalue weighted by molar-refractivity contribution is 0.0597. The Morgan fingerprint density at radius 2 is 1.74 bits per heavy atom. The number of aromatic hydroxyl groups is 1. The summed E-state index contributed by atoms with van der Waals surface area (Å²) < 4.78 is 1.70. The maximum Gasteiger partial charge on any atom is 0.278 e. The van der Waals surface area contributed by atoms with Crippen LogP contribution in [-0.4, -0.2) is 58.3 Å². The fraction of sp³-hybridized carbons (Fsp3) is 0.308. The Balaban J connectivity index is 0.00000253. The molecular formula is C26H27ClN4O3S. The van der Waals surface area contributed by atoms with Gasteiger partial charge in [-0.2, -0.15) is 0 Å². The van der Waals surface area contributed by atoms with Crippen LogP contribution in [0.2, 0.25) is 0 Å². The zero-order chi connectivity index (χ0) is 23.4. The molecule has 2 aromatic carbocycles. The van der Waals surface area contributed by atoms with Gasteiger partial charge in [0.25, 0.3) is 5.91 Å². The average molecular weight is 511 g/mol. The van der Waals surface area contributed by atoms with Crippen LogP contribution in [0.3, 0.4) is 0 Å². The first-order valence-corrected chi connectivity index (χ1v) is 12.5. The third-order valence-electron chi connectivity index (χ3n) is 7.14. The number of rotatable bonds is 2. The summed E-state index contributed by atoms with van der Waals surface area (Å²) in [7, 11) is 2.05. The highest BCUT2D eigenvalue weighted by Crippen LogP contribution is 2.43. The summed E-state index contributed by atoms with van der Waals surface area (Å²) in [5.41, 5.74) is 3.06.